The maximum Gasteiger partial charge on any atom is 3.00 e. The van der Waals surface area contributed by atoms with Crippen LogP contribution in [0.4, 0.5) is 0 Å². The van der Waals surface area contributed by atoms with E-state index in [1.54, 1.807) is 57.7 Å². The third-order valence-electron chi connectivity index (χ3n) is 3.18. The van der Waals surface area contributed by atoms with E-state index >= 15 is 0 Å². The van der Waals surface area contributed by atoms with Gasteiger partial charge in [0.25, 0.3) is 0 Å². The monoisotopic (exact) mass is 508 g/mol. The predicted molar refractivity (Wildman–Crippen MR) is 97.3 cm³/mol. The van der Waals surface area contributed by atoms with E-state index in [0.717, 1.165) is 17.2 Å². The fourth-order valence-electron chi connectivity index (χ4n) is 1.73. The third kappa shape index (κ3) is 10.7. The molecule has 0 bridgehead atoms. The molecule has 0 atom stereocenters. The van der Waals surface area contributed by atoms with Crippen LogP contribution in [0, 0.1) is 35.6 Å². The standard InChI is InChI=1S/3C7H8O2.La/c3*1-9-7-4-2-6(8)3-5-7;/h3*2-5,8H,1H3;/q;;;+3/p-3. The second-order valence-electron chi connectivity index (χ2n) is 5.03. The van der Waals surface area contributed by atoms with Gasteiger partial charge in [-0.15, -0.1) is 17.2 Å². The van der Waals surface area contributed by atoms with Gasteiger partial charge >= 0.3 is 35.6 Å². The summed E-state index contributed by atoms with van der Waals surface area (Å²) in [5.41, 5.74) is 0. The van der Waals surface area contributed by atoms with Crippen LogP contribution in [-0.2, 0) is 0 Å². The van der Waals surface area contributed by atoms with Gasteiger partial charge in [-0.2, -0.15) is 0 Å². The minimum Gasteiger partial charge on any atom is -0.872 e. The van der Waals surface area contributed by atoms with E-state index in [9.17, 15) is 15.3 Å². The van der Waals surface area contributed by atoms with E-state index in [2.05, 4.69) is 0 Å². The van der Waals surface area contributed by atoms with Gasteiger partial charge in [0.05, 0.1) is 21.3 Å². The molecule has 28 heavy (non-hydrogen) atoms. The number of hydrogen-bond acceptors (Lipinski definition) is 6. The van der Waals surface area contributed by atoms with Crippen molar-refractivity contribution in [3.8, 4) is 34.5 Å². The van der Waals surface area contributed by atoms with Crippen LogP contribution in [0.3, 0.4) is 0 Å². The third-order valence-corrected chi connectivity index (χ3v) is 3.18. The van der Waals surface area contributed by atoms with Crippen molar-refractivity contribution in [3.63, 3.8) is 0 Å². The van der Waals surface area contributed by atoms with Crippen LogP contribution in [-0.4, -0.2) is 21.3 Å². The van der Waals surface area contributed by atoms with Gasteiger partial charge in [-0.1, -0.05) is 36.4 Å². The molecule has 3 aromatic carbocycles. The Kier molecular flexibility index (Phi) is 13.5. The summed E-state index contributed by atoms with van der Waals surface area (Å²) in [6.45, 7) is 0. The summed E-state index contributed by atoms with van der Waals surface area (Å²) in [7, 11) is 4.71. The van der Waals surface area contributed by atoms with Crippen LogP contribution in [0.2, 0.25) is 0 Å². The molecule has 0 N–H and O–H groups in total. The minimum atomic E-state index is 0. The maximum atomic E-state index is 10.5. The summed E-state index contributed by atoms with van der Waals surface area (Å²) in [4.78, 5) is 0. The van der Waals surface area contributed by atoms with Crippen molar-refractivity contribution in [1.82, 2.24) is 0 Å². The van der Waals surface area contributed by atoms with Crippen molar-refractivity contribution < 1.29 is 65.1 Å². The SMILES string of the molecule is COc1ccc([O-])cc1.COc1ccc([O-])cc1.COc1ccc([O-])cc1.[La+3]. The second kappa shape index (κ2) is 14.7. The Balaban J connectivity index is 0.000000384. The van der Waals surface area contributed by atoms with Gasteiger partial charge in [0.2, 0.25) is 0 Å². The molecule has 144 valence electrons. The molecular formula is C21H21LaO6. The fraction of sp³-hybridized carbons (Fsp3) is 0.143. The molecule has 0 fully saturated rings. The van der Waals surface area contributed by atoms with Crippen molar-refractivity contribution >= 4 is 0 Å². The summed E-state index contributed by atoms with van der Waals surface area (Å²) < 4.78 is 14.5. The zero-order valence-electron chi connectivity index (χ0n) is 16.0. The molecule has 0 aliphatic rings. The molecule has 0 aliphatic carbocycles. The maximum absolute atomic E-state index is 10.5. The minimum absolute atomic E-state index is 0. The van der Waals surface area contributed by atoms with Gasteiger partial charge in [0.1, 0.15) is 17.2 Å². The van der Waals surface area contributed by atoms with Crippen molar-refractivity contribution in [2.75, 3.05) is 21.3 Å². The first kappa shape index (κ1) is 25.7. The molecule has 0 radical (unpaired) electrons. The zero-order chi connectivity index (χ0) is 20.1. The van der Waals surface area contributed by atoms with E-state index in [4.69, 9.17) is 14.2 Å². The molecule has 7 heteroatoms. The first-order valence-electron chi connectivity index (χ1n) is 7.91. The number of hydrogen-bond donors (Lipinski definition) is 0. The molecule has 0 aliphatic heterocycles. The van der Waals surface area contributed by atoms with Crippen molar-refractivity contribution in [1.29, 1.82) is 0 Å². The average molecular weight is 508 g/mol. The summed E-state index contributed by atoms with van der Waals surface area (Å²) in [5.74, 6) is 2.18. The van der Waals surface area contributed by atoms with Crippen molar-refractivity contribution in [2.24, 2.45) is 0 Å². The Morgan fingerprint density at radius 2 is 0.607 bits per heavy atom. The van der Waals surface area contributed by atoms with Gasteiger partial charge in [0, 0.05) is 0 Å². The average Bonchev–Trinajstić information content (AvgIpc) is 2.71. The quantitative estimate of drug-likeness (QED) is 0.539. The first-order chi connectivity index (χ1) is 13.0. The van der Waals surface area contributed by atoms with Crippen LogP contribution in [0.15, 0.2) is 72.8 Å². The Morgan fingerprint density at radius 1 is 0.429 bits per heavy atom. The first-order valence-corrected chi connectivity index (χ1v) is 7.91. The van der Waals surface area contributed by atoms with E-state index in [0.29, 0.717) is 0 Å². The van der Waals surface area contributed by atoms with Gasteiger partial charge in [0.15, 0.2) is 0 Å². The van der Waals surface area contributed by atoms with Crippen LogP contribution in [0.25, 0.3) is 0 Å². The van der Waals surface area contributed by atoms with E-state index in [1.807, 2.05) is 0 Å². The predicted octanol–water partition coefficient (Wildman–Crippen LogP) is 2.31. The number of ether oxygens (including phenoxy) is 3. The molecule has 6 nitrogen and oxygen atoms in total. The van der Waals surface area contributed by atoms with Gasteiger partial charge in [-0.3, -0.25) is 0 Å². The Bertz CT molecular complexity index is 650. The molecule has 3 rings (SSSR count). The molecular weight excluding hydrogens is 487 g/mol. The van der Waals surface area contributed by atoms with Crippen molar-refractivity contribution in [2.45, 2.75) is 0 Å². The van der Waals surface area contributed by atoms with Crippen LogP contribution in [0.5, 0.6) is 34.5 Å². The van der Waals surface area contributed by atoms with Crippen LogP contribution < -0.4 is 29.5 Å². The largest absolute Gasteiger partial charge is 3.00 e. The van der Waals surface area contributed by atoms with E-state index < -0.39 is 0 Å². The summed E-state index contributed by atoms with van der Waals surface area (Å²) >= 11 is 0. The molecule has 0 spiro atoms. The van der Waals surface area contributed by atoms with Crippen molar-refractivity contribution in [3.05, 3.63) is 72.8 Å². The zero-order valence-corrected chi connectivity index (χ0v) is 19.6. The molecule has 0 aromatic heterocycles. The topological polar surface area (TPSA) is 96.9 Å². The van der Waals surface area contributed by atoms with Crippen LogP contribution in [0.1, 0.15) is 0 Å². The molecule has 0 amide bonds. The second-order valence-corrected chi connectivity index (χ2v) is 5.03. The molecule has 0 saturated heterocycles. The van der Waals surface area contributed by atoms with Gasteiger partial charge < -0.3 is 29.5 Å². The molecule has 3 aromatic rings. The molecule has 0 unspecified atom stereocenters. The molecule has 0 heterocycles. The number of rotatable bonds is 3. The Morgan fingerprint density at radius 3 is 0.750 bits per heavy atom. The normalized spacial score (nSPS) is 8.68. The van der Waals surface area contributed by atoms with Gasteiger partial charge in [-0.05, 0) is 36.4 Å². The summed E-state index contributed by atoms with van der Waals surface area (Å²) in [6, 6.07) is 18.7. The summed E-state index contributed by atoms with van der Waals surface area (Å²) in [6.07, 6.45) is 0. The molecule has 0 saturated carbocycles. The summed E-state index contributed by atoms with van der Waals surface area (Å²) in [5, 5.41) is 31.4. The fourth-order valence-corrected chi connectivity index (χ4v) is 1.73. The Labute approximate surface area is 192 Å². The number of methoxy groups -OCH3 is 3. The number of benzene rings is 3. The van der Waals surface area contributed by atoms with E-state index in [-0.39, 0.29) is 52.8 Å². The van der Waals surface area contributed by atoms with E-state index in [1.165, 1.54) is 36.4 Å². The van der Waals surface area contributed by atoms with Gasteiger partial charge in [-0.25, -0.2) is 0 Å². The van der Waals surface area contributed by atoms with Crippen LogP contribution >= 0.6 is 0 Å². The smallest absolute Gasteiger partial charge is 0.872 e. The Hall–Kier alpha value is -2.35.